The minimum absolute atomic E-state index is 0.110. The van der Waals surface area contributed by atoms with Gasteiger partial charge in [0.2, 0.25) is 5.91 Å². The monoisotopic (exact) mass is 399 g/mol. The van der Waals surface area contributed by atoms with Crippen LogP contribution in [0.25, 0.3) is 0 Å². The van der Waals surface area contributed by atoms with Crippen molar-refractivity contribution in [2.24, 2.45) is 23.2 Å². The van der Waals surface area contributed by atoms with Crippen LogP contribution in [-0.4, -0.2) is 11.0 Å². The minimum atomic E-state index is -0.201. The summed E-state index contributed by atoms with van der Waals surface area (Å²) in [5.74, 6) is 2.31. The van der Waals surface area contributed by atoms with Gasteiger partial charge in [-0.3, -0.25) is 4.79 Å². The Balaban J connectivity index is 1.30. The van der Waals surface area contributed by atoms with Crippen LogP contribution in [0.15, 0.2) is 0 Å². The quantitative estimate of drug-likeness (QED) is 0.717. The van der Waals surface area contributed by atoms with Crippen molar-refractivity contribution in [1.29, 1.82) is 5.26 Å². The molecule has 4 saturated carbocycles. The molecule has 0 aliphatic heterocycles. The van der Waals surface area contributed by atoms with Crippen molar-refractivity contribution in [3.63, 3.8) is 0 Å². The van der Waals surface area contributed by atoms with Crippen molar-refractivity contribution < 1.29 is 4.79 Å². The van der Waals surface area contributed by atoms with E-state index in [1.165, 1.54) is 36.1 Å². The molecule has 0 saturated heterocycles. The molecule has 27 heavy (non-hydrogen) atoms. The maximum atomic E-state index is 13.1. The Labute approximate surface area is 169 Å². The maximum Gasteiger partial charge on any atom is 0.232 e. The van der Waals surface area contributed by atoms with Crippen LogP contribution in [0, 0.1) is 34.5 Å². The first-order valence-corrected chi connectivity index (χ1v) is 11.5. The van der Waals surface area contributed by atoms with E-state index in [2.05, 4.69) is 16.7 Å². The molecule has 0 unspecified atom stereocenters. The van der Waals surface area contributed by atoms with Gasteiger partial charge in [-0.15, -0.1) is 11.3 Å². The summed E-state index contributed by atoms with van der Waals surface area (Å²) in [4.78, 5) is 14.4. The Hall–Kier alpha value is -1.45. The van der Waals surface area contributed by atoms with E-state index in [1.807, 2.05) is 0 Å². The van der Waals surface area contributed by atoms with Crippen LogP contribution >= 0.6 is 23.6 Å². The Kier molecular flexibility index (Phi) is 4.29. The molecule has 0 spiro atoms. The van der Waals surface area contributed by atoms with E-state index in [1.54, 1.807) is 11.3 Å². The summed E-state index contributed by atoms with van der Waals surface area (Å²) >= 11 is 7.10. The second-order valence-corrected chi connectivity index (χ2v) is 10.6. The average molecular weight is 400 g/mol. The number of nitrogens with one attached hydrogen (secondary N) is 2. The van der Waals surface area contributed by atoms with Gasteiger partial charge < -0.3 is 10.6 Å². The first-order chi connectivity index (χ1) is 13.1. The zero-order chi connectivity index (χ0) is 18.6. The standard InChI is InChI=1S/C21H25N3OS2/c22-11-16-15-3-1-2-4-17(15)27-18(16)23-20(26)24-19(25)21-8-12-5-13(9-21)7-14(6-12)10-21/h12-14H,1-10H2,(H2,23,24,25,26). The predicted octanol–water partition coefficient (Wildman–Crippen LogP) is 4.53. The summed E-state index contributed by atoms with van der Waals surface area (Å²) in [5, 5.41) is 16.9. The van der Waals surface area contributed by atoms with Gasteiger partial charge in [0.15, 0.2) is 5.11 Å². The Morgan fingerprint density at radius 3 is 2.37 bits per heavy atom. The van der Waals surface area contributed by atoms with Gasteiger partial charge in [-0.2, -0.15) is 5.26 Å². The highest BCUT2D eigenvalue weighted by Crippen LogP contribution is 2.60. The highest BCUT2D eigenvalue weighted by atomic mass is 32.1. The Morgan fingerprint density at radius 2 is 1.74 bits per heavy atom. The first kappa shape index (κ1) is 17.6. The molecule has 4 bridgehead atoms. The maximum absolute atomic E-state index is 13.1. The summed E-state index contributed by atoms with van der Waals surface area (Å²) in [6.07, 6.45) is 11.4. The van der Waals surface area contributed by atoms with Crippen molar-refractivity contribution in [2.45, 2.75) is 64.2 Å². The molecule has 1 amide bonds. The molecule has 4 nitrogen and oxygen atoms in total. The molecule has 5 aliphatic rings. The number of rotatable bonds is 2. The molecule has 0 radical (unpaired) electrons. The molecule has 5 aliphatic carbocycles. The molecule has 6 heteroatoms. The molecule has 1 heterocycles. The zero-order valence-corrected chi connectivity index (χ0v) is 17.1. The first-order valence-electron chi connectivity index (χ1n) is 10.2. The number of hydrogen-bond acceptors (Lipinski definition) is 4. The van der Waals surface area contributed by atoms with E-state index >= 15 is 0 Å². The van der Waals surface area contributed by atoms with Crippen molar-refractivity contribution in [2.75, 3.05) is 5.32 Å². The summed E-state index contributed by atoms with van der Waals surface area (Å²) < 4.78 is 0. The summed E-state index contributed by atoms with van der Waals surface area (Å²) in [5.41, 5.74) is 1.71. The molecule has 1 aromatic rings. The number of nitriles is 1. The summed E-state index contributed by atoms with van der Waals surface area (Å²) in [6, 6.07) is 2.35. The largest absolute Gasteiger partial charge is 0.323 e. The molecule has 4 fully saturated rings. The lowest BCUT2D eigenvalue weighted by molar-refractivity contribution is -0.144. The van der Waals surface area contributed by atoms with E-state index in [9.17, 15) is 10.1 Å². The molecular formula is C21H25N3OS2. The lowest BCUT2D eigenvalue weighted by atomic mass is 9.49. The van der Waals surface area contributed by atoms with E-state index in [4.69, 9.17) is 12.2 Å². The normalized spacial score (nSPS) is 33.2. The Morgan fingerprint density at radius 1 is 1.11 bits per heavy atom. The van der Waals surface area contributed by atoms with E-state index in [0.29, 0.717) is 5.11 Å². The number of anilines is 1. The SMILES string of the molecule is N#Cc1c(NC(=S)NC(=O)C23CC4CC(CC(C4)C2)C3)sc2c1CCCC2. The van der Waals surface area contributed by atoms with E-state index < -0.39 is 0 Å². The van der Waals surface area contributed by atoms with E-state index in [-0.39, 0.29) is 11.3 Å². The van der Waals surface area contributed by atoms with Crippen LogP contribution in [0.3, 0.4) is 0 Å². The van der Waals surface area contributed by atoms with Crippen LogP contribution in [0.1, 0.15) is 67.4 Å². The highest BCUT2D eigenvalue weighted by molar-refractivity contribution is 7.80. The molecule has 0 atom stereocenters. The van der Waals surface area contributed by atoms with Crippen molar-refractivity contribution >= 4 is 39.6 Å². The number of hydrogen-bond donors (Lipinski definition) is 2. The predicted molar refractivity (Wildman–Crippen MR) is 111 cm³/mol. The van der Waals surface area contributed by atoms with Gasteiger partial charge in [0.05, 0.1) is 11.0 Å². The molecule has 1 aromatic heterocycles. The number of fused-ring (bicyclic) bond motifs is 1. The zero-order valence-electron chi connectivity index (χ0n) is 15.5. The van der Waals surface area contributed by atoms with Gasteiger partial charge in [-0.25, -0.2) is 0 Å². The van der Waals surface area contributed by atoms with E-state index in [0.717, 1.165) is 66.8 Å². The molecule has 142 valence electrons. The number of carbonyl (C=O) groups excluding carboxylic acids is 1. The third kappa shape index (κ3) is 3.00. The summed E-state index contributed by atoms with van der Waals surface area (Å²) in [7, 11) is 0. The van der Waals surface area contributed by atoms with Gasteiger partial charge in [-0.1, -0.05) is 0 Å². The lowest BCUT2D eigenvalue weighted by Crippen LogP contribution is -2.55. The summed E-state index contributed by atoms with van der Waals surface area (Å²) in [6.45, 7) is 0. The van der Waals surface area contributed by atoms with Gasteiger partial charge in [0, 0.05) is 4.88 Å². The fourth-order valence-corrected chi connectivity index (χ4v) is 8.03. The smallest absolute Gasteiger partial charge is 0.232 e. The third-order valence-corrected chi connectivity index (χ3v) is 8.67. The number of thiocarbonyl (C=S) groups is 1. The fraction of sp³-hybridized carbons (Fsp3) is 0.667. The van der Waals surface area contributed by atoms with Crippen LogP contribution in [0.5, 0.6) is 0 Å². The third-order valence-electron chi connectivity index (χ3n) is 7.26. The number of thiophene rings is 1. The second-order valence-electron chi connectivity index (χ2n) is 9.13. The van der Waals surface area contributed by atoms with Gasteiger partial charge in [0.1, 0.15) is 11.1 Å². The van der Waals surface area contributed by atoms with Gasteiger partial charge in [-0.05, 0) is 99.7 Å². The lowest BCUT2D eigenvalue weighted by Gasteiger charge is -2.55. The van der Waals surface area contributed by atoms with Crippen LogP contribution in [0.4, 0.5) is 5.00 Å². The number of nitrogens with zero attached hydrogens (tertiary/aromatic N) is 1. The van der Waals surface area contributed by atoms with Crippen LogP contribution in [-0.2, 0) is 17.6 Å². The van der Waals surface area contributed by atoms with Gasteiger partial charge in [0.25, 0.3) is 0 Å². The van der Waals surface area contributed by atoms with Crippen molar-refractivity contribution in [3.8, 4) is 6.07 Å². The molecule has 0 aromatic carbocycles. The second kappa shape index (κ2) is 6.56. The Bertz CT molecular complexity index is 815. The number of carbonyl (C=O) groups is 1. The fourth-order valence-electron chi connectivity index (χ4n) is 6.53. The number of amides is 1. The van der Waals surface area contributed by atoms with Crippen molar-refractivity contribution in [3.05, 3.63) is 16.0 Å². The number of aryl methyl sites for hydroxylation is 1. The van der Waals surface area contributed by atoms with Gasteiger partial charge >= 0.3 is 0 Å². The highest BCUT2D eigenvalue weighted by Gasteiger charge is 2.54. The minimum Gasteiger partial charge on any atom is -0.323 e. The molecule has 2 N–H and O–H groups in total. The van der Waals surface area contributed by atoms with Crippen LogP contribution in [0.2, 0.25) is 0 Å². The topological polar surface area (TPSA) is 64.9 Å². The molecular weight excluding hydrogens is 374 g/mol. The molecule has 6 rings (SSSR count). The average Bonchev–Trinajstić information content (AvgIpc) is 2.97. The van der Waals surface area contributed by atoms with Crippen molar-refractivity contribution in [1.82, 2.24) is 5.32 Å². The van der Waals surface area contributed by atoms with Crippen LogP contribution < -0.4 is 10.6 Å².